The highest BCUT2D eigenvalue weighted by atomic mass is 16.5. The Balaban J connectivity index is 1.56. The fraction of sp³-hybridized carbons (Fsp3) is 0.240. The molecule has 0 saturated heterocycles. The molecule has 0 radical (unpaired) electrons. The van der Waals surface area contributed by atoms with Gasteiger partial charge in [-0.05, 0) is 59.9 Å². The second-order valence-electron chi connectivity index (χ2n) is 8.05. The molecule has 1 N–H and O–H groups in total. The maximum absolute atomic E-state index is 13.5. The number of hydrogen-bond donors (Lipinski definition) is 1. The summed E-state index contributed by atoms with van der Waals surface area (Å²) in [5.74, 6) is 1.20. The highest BCUT2D eigenvalue weighted by Gasteiger charge is 2.53. The van der Waals surface area contributed by atoms with E-state index < -0.39 is 5.41 Å². The molecule has 3 aromatic rings. The van der Waals surface area contributed by atoms with E-state index in [2.05, 4.69) is 60.8 Å². The Morgan fingerprint density at radius 1 is 0.893 bits per heavy atom. The van der Waals surface area contributed by atoms with Crippen molar-refractivity contribution in [2.45, 2.75) is 25.2 Å². The standard InChI is InChI=1S/C25H23NO2/c1-25(24(27)26-16-11-13-17(28-2)14-12-16)15-22-18-7-3-5-9-20(18)23(25)21-10-6-4-8-19(21)22/h3-14,22-23H,15H2,1-2H3,(H,26,27). The molecule has 2 bridgehead atoms. The number of carbonyl (C=O) groups excluding carboxylic acids is 1. The predicted octanol–water partition coefficient (Wildman–Crippen LogP) is 5.32. The summed E-state index contributed by atoms with van der Waals surface area (Å²) in [7, 11) is 1.64. The van der Waals surface area contributed by atoms with Crippen molar-refractivity contribution in [2.75, 3.05) is 12.4 Å². The summed E-state index contributed by atoms with van der Waals surface area (Å²) in [5, 5.41) is 3.16. The second kappa shape index (κ2) is 6.23. The average molecular weight is 369 g/mol. The van der Waals surface area contributed by atoms with E-state index in [-0.39, 0.29) is 17.7 Å². The first-order valence-corrected chi connectivity index (χ1v) is 9.75. The van der Waals surface area contributed by atoms with Crippen molar-refractivity contribution >= 4 is 11.6 Å². The molecule has 28 heavy (non-hydrogen) atoms. The Kier molecular flexibility index (Phi) is 3.80. The molecular weight excluding hydrogens is 346 g/mol. The lowest BCUT2D eigenvalue weighted by atomic mass is 9.52. The van der Waals surface area contributed by atoms with E-state index in [1.54, 1.807) is 7.11 Å². The monoisotopic (exact) mass is 369 g/mol. The number of benzene rings is 3. The van der Waals surface area contributed by atoms with Gasteiger partial charge in [-0.3, -0.25) is 4.79 Å². The van der Waals surface area contributed by atoms with Crippen LogP contribution in [-0.4, -0.2) is 13.0 Å². The summed E-state index contributed by atoms with van der Waals surface area (Å²) in [6.07, 6.45) is 0.827. The van der Waals surface area contributed by atoms with Crippen LogP contribution in [0.5, 0.6) is 5.75 Å². The van der Waals surface area contributed by atoms with E-state index in [0.29, 0.717) is 0 Å². The molecule has 3 aromatic carbocycles. The van der Waals surface area contributed by atoms with Gasteiger partial charge in [-0.2, -0.15) is 0 Å². The minimum absolute atomic E-state index is 0.0724. The van der Waals surface area contributed by atoms with Gasteiger partial charge in [0.05, 0.1) is 12.5 Å². The zero-order valence-corrected chi connectivity index (χ0v) is 16.1. The van der Waals surface area contributed by atoms with E-state index in [4.69, 9.17) is 4.74 Å². The highest BCUT2D eigenvalue weighted by Crippen LogP contribution is 2.61. The number of fused-ring (bicyclic) bond motifs is 1. The number of methoxy groups -OCH3 is 1. The van der Waals surface area contributed by atoms with Crippen LogP contribution in [0.4, 0.5) is 5.69 Å². The van der Waals surface area contributed by atoms with E-state index in [0.717, 1.165) is 17.9 Å². The van der Waals surface area contributed by atoms with Gasteiger partial charge in [0.2, 0.25) is 5.91 Å². The Hall–Kier alpha value is -3.07. The number of nitrogens with one attached hydrogen (secondary N) is 1. The van der Waals surface area contributed by atoms with E-state index in [1.165, 1.54) is 22.3 Å². The van der Waals surface area contributed by atoms with Gasteiger partial charge in [0.25, 0.3) is 0 Å². The lowest BCUT2D eigenvalue weighted by Gasteiger charge is -2.50. The molecular formula is C25H23NO2. The van der Waals surface area contributed by atoms with Crippen molar-refractivity contribution in [3.05, 3.63) is 95.1 Å². The van der Waals surface area contributed by atoms with Gasteiger partial charge in [-0.25, -0.2) is 0 Å². The van der Waals surface area contributed by atoms with Crippen LogP contribution >= 0.6 is 0 Å². The zero-order chi connectivity index (χ0) is 19.3. The van der Waals surface area contributed by atoms with E-state index in [9.17, 15) is 4.79 Å². The largest absolute Gasteiger partial charge is 0.497 e. The Morgan fingerprint density at radius 3 is 1.96 bits per heavy atom. The first-order valence-electron chi connectivity index (χ1n) is 9.75. The van der Waals surface area contributed by atoms with E-state index >= 15 is 0 Å². The quantitative estimate of drug-likeness (QED) is 0.678. The van der Waals surface area contributed by atoms with Gasteiger partial charge in [0, 0.05) is 17.5 Å². The van der Waals surface area contributed by atoms with Gasteiger partial charge in [0.15, 0.2) is 0 Å². The molecule has 140 valence electrons. The van der Waals surface area contributed by atoms with Crippen LogP contribution in [0.2, 0.25) is 0 Å². The highest BCUT2D eigenvalue weighted by molar-refractivity contribution is 5.97. The number of anilines is 1. The summed E-state index contributed by atoms with van der Waals surface area (Å²) in [4.78, 5) is 13.5. The van der Waals surface area contributed by atoms with Crippen LogP contribution in [0.1, 0.15) is 47.4 Å². The van der Waals surface area contributed by atoms with E-state index in [1.807, 2.05) is 24.3 Å². The number of hydrogen-bond acceptors (Lipinski definition) is 2. The minimum Gasteiger partial charge on any atom is -0.497 e. The van der Waals surface area contributed by atoms with Gasteiger partial charge < -0.3 is 10.1 Å². The molecule has 1 amide bonds. The Bertz CT molecular complexity index is 1010. The normalized spacial score (nSPS) is 24.2. The lowest BCUT2D eigenvalue weighted by molar-refractivity contribution is -0.126. The second-order valence-corrected chi connectivity index (χ2v) is 8.05. The van der Waals surface area contributed by atoms with Crippen molar-refractivity contribution in [3.63, 3.8) is 0 Å². The molecule has 0 saturated carbocycles. The van der Waals surface area contributed by atoms with Crippen LogP contribution in [0.3, 0.4) is 0 Å². The number of rotatable bonds is 3. The topological polar surface area (TPSA) is 38.3 Å². The third kappa shape index (κ3) is 2.39. The van der Waals surface area contributed by atoms with Crippen LogP contribution in [0.15, 0.2) is 72.8 Å². The SMILES string of the molecule is COc1ccc(NC(=O)C2(C)CC3c4ccccc4C2c2ccccc23)cc1. The molecule has 3 aliphatic carbocycles. The van der Waals surface area contributed by atoms with Crippen molar-refractivity contribution < 1.29 is 9.53 Å². The summed E-state index contributed by atoms with van der Waals surface area (Å²) in [6.45, 7) is 2.12. The third-order valence-electron chi connectivity index (χ3n) is 6.50. The van der Waals surface area contributed by atoms with Crippen molar-refractivity contribution in [3.8, 4) is 5.75 Å². The van der Waals surface area contributed by atoms with Crippen LogP contribution in [-0.2, 0) is 4.79 Å². The average Bonchev–Trinajstić information content (AvgIpc) is 2.74. The van der Waals surface area contributed by atoms with Crippen LogP contribution in [0.25, 0.3) is 0 Å². The summed E-state index contributed by atoms with van der Waals surface area (Å²) < 4.78 is 5.22. The molecule has 3 heteroatoms. The van der Waals surface area contributed by atoms with Gasteiger partial charge in [-0.1, -0.05) is 48.5 Å². The smallest absolute Gasteiger partial charge is 0.231 e. The molecule has 3 aliphatic rings. The molecule has 0 fully saturated rings. The lowest BCUT2D eigenvalue weighted by Crippen LogP contribution is -2.47. The molecule has 0 spiro atoms. The molecule has 1 atom stereocenters. The van der Waals surface area contributed by atoms with Gasteiger partial charge >= 0.3 is 0 Å². The van der Waals surface area contributed by atoms with Gasteiger partial charge in [0.1, 0.15) is 5.75 Å². The zero-order valence-electron chi connectivity index (χ0n) is 16.1. The van der Waals surface area contributed by atoms with Crippen LogP contribution in [0, 0.1) is 5.41 Å². The number of amides is 1. The third-order valence-corrected chi connectivity index (χ3v) is 6.50. The molecule has 0 aliphatic heterocycles. The summed E-state index contributed by atoms with van der Waals surface area (Å²) in [6, 6.07) is 24.8. The van der Waals surface area contributed by atoms with Crippen molar-refractivity contribution in [2.24, 2.45) is 5.41 Å². The fourth-order valence-corrected chi connectivity index (χ4v) is 5.14. The van der Waals surface area contributed by atoms with Crippen molar-refractivity contribution in [1.82, 2.24) is 0 Å². The summed E-state index contributed by atoms with van der Waals surface area (Å²) in [5.41, 5.74) is 5.65. The van der Waals surface area contributed by atoms with Crippen molar-refractivity contribution in [1.29, 1.82) is 0 Å². The Labute approximate surface area is 165 Å². The van der Waals surface area contributed by atoms with Gasteiger partial charge in [-0.15, -0.1) is 0 Å². The maximum atomic E-state index is 13.5. The molecule has 6 rings (SSSR count). The summed E-state index contributed by atoms with van der Waals surface area (Å²) >= 11 is 0. The Morgan fingerprint density at radius 2 is 1.43 bits per heavy atom. The minimum atomic E-state index is -0.493. The first-order chi connectivity index (χ1) is 13.6. The molecule has 0 aromatic heterocycles. The molecule has 1 unspecified atom stereocenters. The predicted molar refractivity (Wildman–Crippen MR) is 111 cm³/mol. The molecule has 0 heterocycles. The number of ether oxygens (including phenoxy) is 1. The van der Waals surface area contributed by atoms with Crippen LogP contribution < -0.4 is 10.1 Å². The fourth-order valence-electron chi connectivity index (χ4n) is 5.14. The molecule has 3 nitrogen and oxygen atoms in total. The number of carbonyl (C=O) groups is 1. The first kappa shape index (κ1) is 17.1. The maximum Gasteiger partial charge on any atom is 0.231 e.